The second kappa shape index (κ2) is 5.88. The van der Waals surface area contributed by atoms with E-state index in [1.165, 1.54) is 18.2 Å². The summed E-state index contributed by atoms with van der Waals surface area (Å²) >= 11 is 3.01. The second-order valence-electron chi connectivity index (χ2n) is 4.22. The van der Waals surface area contributed by atoms with Gasteiger partial charge >= 0.3 is 6.18 Å². The standard InChI is InChI=1S/C13H8BrF4NO2S/c14-10-3-1-2-4-12(10)22(20,21)19-11-6-5-8(15)7-9(11)13(16,17)18/h1-7,19H. The molecule has 9 heteroatoms. The van der Waals surface area contributed by atoms with Gasteiger partial charge < -0.3 is 0 Å². The van der Waals surface area contributed by atoms with Crippen LogP contribution in [0.15, 0.2) is 51.8 Å². The summed E-state index contributed by atoms with van der Waals surface area (Å²) < 4.78 is 78.0. The Morgan fingerprint density at radius 1 is 1.05 bits per heavy atom. The highest BCUT2D eigenvalue weighted by atomic mass is 79.9. The lowest BCUT2D eigenvalue weighted by atomic mass is 10.2. The first-order valence-electron chi connectivity index (χ1n) is 5.75. The van der Waals surface area contributed by atoms with Crippen LogP contribution in [-0.4, -0.2) is 8.42 Å². The van der Waals surface area contributed by atoms with Crippen molar-refractivity contribution in [1.29, 1.82) is 0 Å². The SMILES string of the molecule is O=S(=O)(Nc1ccc(F)cc1C(F)(F)F)c1ccccc1Br. The van der Waals surface area contributed by atoms with Crippen LogP contribution in [0.1, 0.15) is 5.56 Å². The lowest BCUT2D eigenvalue weighted by Gasteiger charge is -2.15. The molecule has 0 unspecified atom stereocenters. The number of anilines is 1. The molecule has 0 heterocycles. The Morgan fingerprint density at radius 2 is 1.68 bits per heavy atom. The predicted molar refractivity (Wildman–Crippen MR) is 76.4 cm³/mol. The van der Waals surface area contributed by atoms with Gasteiger partial charge in [-0.1, -0.05) is 12.1 Å². The first-order valence-corrected chi connectivity index (χ1v) is 8.03. The molecular formula is C13H8BrF4NO2S. The minimum Gasteiger partial charge on any atom is -0.279 e. The highest BCUT2D eigenvalue weighted by molar-refractivity contribution is 9.10. The van der Waals surface area contributed by atoms with Crippen molar-refractivity contribution in [3.63, 3.8) is 0 Å². The molecule has 1 N–H and O–H groups in total. The van der Waals surface area contributed by atoms with Gasteiger partial charge in [0.25, 0.3) is 10.0 Å². The molecule has 3 nitrogen and oxygen atoms in total. The first-order chi connectivity index (χ1) is 10.1. The van der Waals surface area contributed by atoms with Gasteiger partial charge in [-0.25, -0.2) is 12.8 Å². The molecule has 0 spiro atoms. The van der Waals surface area contributed by atoms with E-state index in [4.69, 9.17) is 0 Å². The van der Waals surface area contributed by atoms with Gasteiger partial charge in [0.2, 0.25) is 0 Å². The molecule has 0 bridgehead atoms. The lowest BCUT2D eigenvalue weighted by molar-refractivity contribution is -0.137. The average molecular weight is 398 g/mol. The van der Waals surface area contributed by atoms with Crippen LogP contribution < -0.4 is 4.72 Å². The molecule has 0 saturated heterocycles. The number of hydrogen-bond acceptors (Lipinski definition) is 2. The van der Waals surface area contributed by atoms with Crippen molar-refractivity contribution >= 4 is 31.6 Å². The molecule has 118 valence electrons. The Kier molecular flexibility index (Phi) is 4.48. The van der Waals surface area contributed by atoms with Gasteiger partial charge in [-0.2, -0.15) is 13.2 Å². The van der Waals surface area contributed by atoms with Crippen LogP contribution in [0.2, 0.25) is 0 Å². The summed E-state index contributed by atoms with van der Waals surface area (Å²) in [7, 11) is -4.26. The average Bonchev–Trinajstić information content (AvgIpc) is 2.39. The van der Waals surface area contributed by atoms with E-state index in [0.29, 0.717) is 0 Å². The van der Waals surface area contributed by atoms with E-state index in [-0.39, 0.29) is 15.4 Å². The van der Waals surface area contributed by atoms with Gasteiger partial charge in [0.15, 0.2) is 0 Å². The van der Waals surface area contributed by atoms with Gasteiger partial charge in [0.1, 0.15) is 10.7 Å². The fraction of sp³-hybridized carbons (Fsp3) is 0.0769. The summed E-state index contributed by atoms with van der Waals surface area (Å²) in [6.07, 6.45) is -4.89. The minimum absolute atomic E-state index is 0.193. The summed E-state index contributed by atoms with van der Waals surface area (Å²) in [6, 6.07) is 7.35. The third-order valence-electron chi connectivity index (χ3n) is 2.66. The Balaban J connectivity index is 2.50. The summed E-state index contributed by atoms with van der Waals surface area (Å²) in [6.45, 7) is 0. The van der Waals surface area contributed by atoms with E-state index in [0.717, 1.165) is 12.1 Å². The van der Waals surface area contributed by atoms with Crippen LogP contribution in [0.3, 0.4) is 0 Å². The van der Waals surface area contributed by atoms with Crippen molar-refractivity contribution in [3.05, 3.63) is 58.3 Å². The number of sulfonamides is 1. The van der Waals surface area contributed by atoms with Crippen molar-refractivity contribution in [2.75, 3.05) is 4.72 Å². The van der Waals surface area contributed by atoms with E-state index in [9.17, 15) is 26.0 Å². The number of nitrogens with one attached hydrogen (secondary N) is 1. The third-order valence-corrected chi connectivity index (χ3v) is 5.04. The van der Waals surface area contributed by atoms with Crippen molar-refractivity contribution in [2.24, 2.45) is 0 Å². The molecule has 0 saturated carbocycles. The second-order valence-corrected chi connectivity index (χ2v) is 6.73. The molecule has 0 aromatic heterocycles. The maximum atomic E-state index is 13.0. The summed E-state index contributed by atoms with van der Waals surface area (Å²) in [5.74, 6) is -1.11. The van der Waals surface area contributed by atoms with Crippen molar-refractivity contribution in [1.82, 2.24) is 0 Å². The summed E-state index contributed by atoms with van der Waals surface area (Å²) in [5.41, 5.74) is -2.15. The van der Waals surface area contributed by atoms with Crippen molar-refractivity contribution < 1.29 is 26.0 Å². The van der Waals surface area contributed by atoms with E-state index in [2.05, 4.69) is 15.9 Å². The Bertz CT molecular complexity index is 806. The van der Waals surface area contributed by atoms with Crippen LogP contribution in [0.4, 0.5) is 23.2 Å². The zero-order valence-electron chi connectivity index (χ0n) is 10.7. The molecule has 0 aliphatic carbocycles. The van der Waals surface area contributed by atoms with E-state index in [1.807, 2.05) is 4.72 Å². The number of hydrogen-bond donors (Lipinski definition) is 1. The van der Waals surface area contributed by atoms with Crippen LogP contribution in [-0.2, 0) is 16.2 Å². The summed E-state index contributed by atoms with van der Waals surface area (Å²) in [5, 5.41) is 0. The Labute approximate surface area is 132 Å². The fourth-order valence-corrected chi connectivity index (χ4v) is 3.79. The highest BCUT2D eigenvalue weighted by Crippen LogP contribution is 2.36. The highest BCUT2D eigenvalue weighted by Gasteiger charge is 2.35. The number of rotatable bonds is 3. The topological polar surface area (TPSA) is 46.2 Å². The molecule has 2 aromatic rings. The fourth-order valence-electron chi connectivity index (χ4n) is 1.70. The first kappa shape index (κ1) is 16.8. The van der Waals surface area contributed by atoms with Crippen LogP contribution >= 0.6 is 15.9 Å². The molecule has 0 radical (unpaired) electrons. The molecule has 0 aliphatic rings. The van der Waals surface area contributed by atoms with Gasteiger partial charge in [-0.05, 0) is 46.3 Å². The van der Waals surface area contributed by atoms with Crippen LogP contribution in [0.25, 0.3) is 0 Å². The Morgan fingerprint density at radius 3 is 2.27 bits per heavy atom. The zero-order chi connectivity index (χ0) is 16.5. The molecule has 0 amide bonds. The van der Waals surface area contributed by atoms with Crippen molar-refractivity contribution in [2.45, 2.75) is 11.1 Å². The molecule has 0 aliphatic heterocycles. The number of benzene rings is 2. The predicted octanol–water partition coefficient (Wildman–Crippen LogP) is 4.41. The number of alkyl halides is 3. The largest absolute Gasteiger partial charge is 0.418 e. The summed E-state index contributed by atoms with van der Waals surface area (Å²) in [4.78, 5) is -0.229. The minimum atomic E-state index is -4.89. The van der Waals surface area contributed by atoms with Crippen LogP contribution in [0.5, 0.6) is 0 Å². The van der Waals surface area contributed by atoms with Gasteiger partial charge in [-0.15, -0.1) is 0 Å². The van der Waals surface area contributed by atoms with Gasteiger partial charge in [0.05, 0.1) is 11.3 Å². The van der Waals surface area contributed by atoms with E-state index in [1.54, 1.807) is 6.07 Å². The monoisotopic (exact) mass is 397 g/mol. The van der Waals surface area contributed by atoms with Crippen LogP contribution in [0, 0.1) is 5.82 Å². The van der Waals surface area contributed by atoms with E-state index >= 15 is 0 Å². The molecule has 0 fully saturated rings. The molecule has 0 atom stereocenters. The normalized spacial score (nSPS) is 12.2. The lowest BCUT2D eigenvalue weighted by Crippen LogP contribution is -2.17. The Hall–Kier alpha value is -1.61. The van der Waals surface area contributed by atoms with E-state index < -0.39 is 33.3 Å². The maximum absolute atomic E-state index is 13.0. The molecular weight excluding hydrogens is 390 g/mol. The third kappa shape index (κ3) is 3.58. The van der Waals surface area contributed by atoms with Crippen molar-refractivity contribution in [3.8, 4) is 0 Å². The zero-order valence-corrected chi connectivity index (χ0v) is 13.1. The van der Waals surface area contributed by atoms with Gasteiger partial charge in [0, 0.05) is 4.47 Å². The number of halogens is 5. The molecule has 2 rings (SSSR count). The molecule has 2 aromatic carbocycles. The smallest absolute Gasteiger partial charge is 0.279 e. The maximum Gasteiger partial charge on any atom is 0.418 e. The molecule has 22 heavy (non-hydrogen) atoms. The van der Waals surface area contributed by atoms with Gasteiger partial charge in [-0.3, -0.25) is 4.72 Å². The quantitative estimate of drug-likeness (QED) is 0.779.